The van der Waals surface area contributed by atoms with Gasteiger partial charge in [0.2, 0.25) is 0 Å². The molecule has 0 aliphatic carbocycles. The van der Waals surface area contributed by atoms with E-state index in [4.69, 9.17) is 0 Å². The molecular formula is C14H20O2S. The zero-order valence-electron chi connectivity index (χ0n) is 10.7. The van der Waals surface area contributed by atoms with Crippen molar-refractivity contribution in [3.63, 3.8) is 0 Å². The quantitative estimate of drug-likeness (QED) is 0.797. The Morgan fingerprint density at radius 2 is 1.82 bits per heavy atom. The van der Waals surface area contributed by atoms with Crippen LogP contribution in [0.5, 0.6) is 0 Å². The van der Waals surface area contributed by atoms with Gasteiger partial charge in [-0.05, 0) is 38.8 Å². The second-order valence-corrected chi connectivity index (χ2v) is 6.22. The highest BCUT2D eigenvalue weighted by molar-refractivity contribution is 7.94. The molecular weight excluding hydrogens is 232 g/mol. The first-order chi connectivity index (χ1) is 7.95. The number of benzene rings is 1. The highest BCUT2D eigenvalue weighted by Gasteiger charge is 2.10. The Morgan fingerprint density at radius 3 is 2.35 bits per heavy atom. The first-order valence-electron chi connectivity index (χ1n) is 5.94. The maximum Gasteiger partial charge on any atom is 0.199 e. The van der Waals surface area contributed by atoms with Crippen molar-refractivity contribution >= 4 is 9.84 Å². The third-order valence-corrected chi connectivity index (χ3v) is 4.27. The summed E-state index contributed by atoms with van der Waals surface area (Å²) in [5.74, 6) is 0. The van der Waals surface area contributed by atoms with Crippen LogP contribution in [-0.2, 0) is 9.84 Å². The maximum absolute atomic E-state index is 12.0. The molecule has 0 heterocycles. The van der Waals surface area contributed by atoms with E-state index in [0.29, 0.717) is 4.90 Å². The van der Waals surface area contributed by atoms with Gasteiger partial charge in [0.25, 0.3) is 0 Å². The Balaban J connectivity index is 2.92. The standard InChI is InChI=1S/C14H20O2S/c1-4-5-6-13(3)11-17(15,16)14-9-7-12(2)8-10-14/h7-11H,4-6H2,1-3H3/b13-11-. The van der Waals surface area contributed by atoms with E-state index in [1.54, 1.807) is 12.1 Å². The molecule has 0 N–H and O–H groups in total. The van der Waals surface area contributed by atoms with Crippen LogP contribution in [-0.4, -0.2) is 8.42 Å². The molecule has 0 spiro atoms. The van der Waals surface area contributed by atoms with Gasteiger partial charge in [-0.25, -0.2) is 8.42 Å². The second-order valence-electron chi connectivity index (χ2n) is 4.43. The van der Waals surface area contributed by atoms with Crippen molar-refractivity contribution in [2.45, 2.75) is 44.9 Å². The number of hydrogen-bond donors (Lipinski definition) is 0. The third-order valence-electron chi connectivity index (χ3n) is 2.63. The number of aryl methyl sites for hydroxylation is 1. The predicted octanol–water partition coefficient (Wildman–Crippen LogP) is 3.86. The Hall–Kier alpha value is -1.09. The second kappa shape index (κ2) is 6.01. The summed E-state index contributed by atoms with van der Waals surface area (Å²) in [6.07, 6.45) is 2.96. The van der Waals surface area contributed by atoms with Crippen LogP contribution in [0.25, 0.3) is 0 Å². The zero-order chi connectivity index (χ0) is 12.9. The summed E-state index contributed by atoms with van der Waals surface area (Å²) in [4.78, 5) is 0.374. The van der Waals surface area contributed by atoms with Crippen molar-refractivity contribution in [2.75, 3.05) is 0 Å². The van der Waals surface area contributed by atoms with Crippen LogP contribution in [0.4, 0.5) is 0 Å². The molecule has 0 amide bonds. The van der Waals surface area contributed by atoms with Crippen molar-refractivity contribution in [3.05, 3.63) is 40.8 Å². The first-order valence-corrected chi connectivity index (χ1v) is 7.49. The van der Waals surface area contributed by atoms with Crippen LogP contribution >= 0.6 is 0 Å². The number of sulfone groups is 1. The van der Waals surface area contributed by atoms with E-state index in [-0.39, 0.29) is 0 Å². The average molecular weight is 252 g/mol. The van der Waals surface area contributed by atoms with Crippen LogP contribution in [0, 0.1) is 6.92 Å². The van der Waals surface area contributed by atoms with Crippen molar-refractivity contribution in [1.82, 2.24) is 0 Å². The fourth-order valence-corrected chi connectivity index (χ4v) is 2.87. The molecule has 0 unspecified atom stereocenters. The lowest BCUT2D eigenvalue weighted by Crippen LogP contribution is -1.97. The monoisotopic (exact) mass is 252 g/mol. The largest absolute Gasteiger partial charge is 0.219 e. The molecule has 94 valence electrons. The summed E-state index contributed by atoms with van der Waals surface area (Å²) in [6.45, 7) is 5.92. The van der Waals surface area contributed by atoms with Crippen LogP contribution in [0.15, 0.2) is 40.1 Å². The molecule has 0 saturated carbocycles. The van der Waals surface area contributed by atoms with E-state index < -0.39 is 9.84 Å². The predicted molar refractivity (Wildman–Crippen MR) is 71.6 cm³/mol. The summed E-state index contributed by atoms with van der Waals surface area (Å²) in [6, 6.07) is 6.97. The lowest BCUT2D eigenvalue weighted by Gasteiger charge is -2.03. The van der Waals surface area contributed by atoms with Crippen molar-refractivity contribution in [2.24, 2.45) is 0 Å². The Morgan fingerprint density at radius 1 is 1.24 bits per heavy atom. The molecule has 0 aromatic heterocycles. The molecule has 1 aromatic rings. The molecule has 0 aliphatic heterocycles. The van der Waals surface area contributed by atoms with Gasteiger partial charge in [-0.3, -0.25) is 0 Å². The van der Waals surface area contributed by atoms with Crippen LogP contribution in [0.3, 0.4) is 0 Å². The van der Waals surface area contributed by atoms with Gasteiger partial charge in [0.05, 0.1) is 4.90 Å². The van der Waals surface area contributed by atoms with Crippen molar-refractivity contribution in [1.29, 1.82) is 0 Å². The smallest absolute Gasteiger partial charge is 0.199 e. The average Bonchev–Trinajstić information content (AvgIpc) is 2.26. The molecule has 1 aromatic carbocycles. The molecule has 0 atom stereocenters. The van der Waals surface area contributed by atoms with Crippen LogP contribution in [0.2, 0.25) is 0 Å². The fraction of sp³-hybridized carbons (Fsp3) is 0.429. The highest BCUT2D eigenvalue weighted by atomic mass is 32.2. The minimum Gasteiger partial charge on any atom is -0.219 e. The van der Waals surface area contributed by atoms with Gasteiger partial charge in [0.15, 0.2) is 9.84 Å². The minimum atomic E-state index is -3.27. The van der Waals surface area contributed by atoms with E-state index in [9.17, 15) is 8.42 Å². The molecule has 0 bridgehead atoms. The third kappa shape index (κ3) is 4.35. The van der Waals surface area contributed by atoms with E-state index in [0.717, 1.165) is 30.4 Å². The van der Waals surface area contributed by atoms with Gasteiger partial charge in [-0.2, -0.15) is 0 Å². The van der Waals surface area contributed by atoms with Gasteiger partial charge >= 0.3 is 0 Å². The van der Waals surface area contributed by atoms with E-state index >= 15 is 0 Å². The summed E-state index contributed by atoms with van der Waals surface area (Å²) >= 11 is 0. The topological polar surface area (TPSA) is 34.1 Å². The van der Waals surface area contributed by atoms with Gasteiger partial charge in [0.1, 0.15) is 0 Å². The fourth-order valence-electron chi connectivity index (χ4n) is 1.58. The summed E-state index contributed by atoms with van der Waals surface area (Å²) in [5.41, 5.74) is 1.99. The van der Waals surface area contributed by atoms with Crippen LogP contribution < -0.4 is 0 Å². The number of allylic oxidation sites excluding steroid dienone is 1. The minimum absolute atomic E-state index is 0.374. The van der Waals surface area contributed by atoms with Gasteiger partial charge < -0.3 is 0 Å². The number of rotatable bonds is 5. The first kappa shape index (κ1) is 14.0. The van der Waals surface area contributed by atoms with Crippen molar-refractivity contribution in [3.8, 4) is 0 Å². The zero-order valence-corrected chi connectivity index (χ0v) is 11.5. The Labute approximate surface area is 104 Å². The summed E-state index contributed by atoms with van der Waals surface area (Å²) in [5, 5.41) is 1.40. The number of unbranched alkanes of at least 4 members (excludes halogenated alkanes) is 1. The summed E-state index contributed by atoms with van der Waals surface area (Å²) in [7, 11) is -3.27. The lowest BCUT2D eigenvalue weighted by atomic mass is 10.2. The lowest BCUT2D eigenvalue weighted by molar-refractivity contribution is 0.604. The normalized spacial score (nSPS) is 12.8. The van der Waals surface area contributed by atoms with E-state index in [1.165, 1.54) is 5.41 Å². The van der Waals surface area contributed by atoms with Crippen molar-refractivity contribution < 1.29 is 8.42 Å². The molecule has 17 heavy (non-hydrogen) atoms. The molecule has 0 radical (unpaired) electrons. The summed E-state index contributed by atoms with van der Waals surface area (Å²) < 4.78 is 24.1. The molecule has 0 fully saturated rings. The maximum atomic E-state index is 12.0. The van der Waals surface area contributed by atoms with E-state index in [1.807, 2.05) is 26.0 Å². The Bertz CT molecular complexity index is 481. The van der Waals surface area contributed by atoms with Gasteiger partial charge in [0, 0.05) is 5.41 Å². The molecule has 0 aliphatic rings. The SMILES string of the molecule is CCCC/C(C)=C\S(=O)(=O)c1ccc(C)cc1. The van der Waals surface area contributed by atoms with Gasteiger partial charge in [-0.1, -0.05) is 36.6 Å². The van der Waals surface area contributed by atoms with Gasteiger partial charge in [-0.15, -0.1) is 0 Å². The van der Waals surface area contributed by atoms with Crippen LogP contribution in [0.1, 0.15) is 38.7 Å². The molecule has 1 rings (SSSR count). The molecule has 2 nitrogen and oxygen atoms in total. The number of hydrogen-bond acceptors (Lipinski definition) is 2. The Kier molecular flexibility index (Phi) is 4.94. The molecule has 0 saturated heterocycles. The van der Waals surface area contributed by atoms with E-state index in [2.05, 4.69) is 6.92 Å². The highest BCUT2D eigenvalue weighted by Crippen LogP contribution is 2.16. The molecule has 3 heteroatoms.